The summed E-state index contributed by atoms with van der Waals surface area (Å²) >= 11 is 0. The number of hydrogen-bond donors (Lipinski definition) is 2. The van der Waals surface area contributed by atoms with Crippen LogP contribution in [0.5, 0.6) is 0 Å². The molecule has 0 saturated carbocycles. The van der Waals surface area contributed by atoms with Gasteiger partial charge in [-0.2, -0.15) is 5.10 Å². The van der Waals surface area contributed by atoms with E-state index in [1.54, 1.807) is 0 Å². The van der Waals surface area contributed by atoms with Gasteiger partial charge in [-0.25, -0.2) is 9.18 Å². The van der Waals surface area contributed by atoms with Gasteiger partial charge < -0.3 is 5.11 Å². The minimum atomic E-state index is -1.10. The average Bonchev–Trinajstić information content (AvgIpc) is 2.16. The normalized spacial score (nSPS) is 11.1. The minimum absolute atomic E-state index is 0.0608. The number of carboxylic acids is 1. The molecule has 1 aromatic carbocycles. The van der Waals surface area contributed by atoms with Gasteiger partial charge >= 0.3 is 5.97 Å². The fourth-order valence-electron chi connectivity index (χ4n) is 0.721. The van der Waals surface area contributed by atoms with Crippen molar-refractivity contribution in [3.8, 4) is 0 Å². The Morgan fingerprint density at radius 2 is 2.00 bits per heavy atom. The fraction of sp³-hybridized carbons (Fsp3) is 0.111. The number of halogens is 1. The largest absolute Gasteiger partial charge is 0.477 e. The van der Waals surface area contributed by atoms with Gasteiger partial charge in [0.25, 0.3) is 0 Å². The van der Waals surface area contributed by atoms with E-state index in [-0.39, 0.29) is 11.5 Å². The number of hydrogen-bond acceptors (Lipinski definition) is 3. The van der Waals surface area contributed by atoms with Gasteiger partial charge in [0, 0.05) is 0 Å². The molecule has 0 aromatic heterocycles. The van der Waals surface area contributed by atoms with Crippen molar-refractivity contribution in [1.82, 2.24) is 0 Å². The zero-order chi connectivity index (χ0) is 10.6. The highest BCUT2D eigenvalue weighted by Gasteiger charge is 2.00. The molecular formula is C9H9FN2O2. The topological polar surface area (TPSA) is 61.7 Å². The molecule has 1 aromatic rings. The highest BCUT2D eigenvalue weighted by molar-refractivity contribution is 6.34. The summed E-state index contributed by atoms with van der Waals surface area (Å²) in [4.78, 5) is 10.3. The number of benzene rings is 1. The van der Waals surface area contributed by atoms with E-state index in [9.17, 15) is 9.18 Å². The van der Waals surface area contributed by atoms with E-state index in [0.29, 0.717) is 5.69 Å². The first-order chi connectivity index (χ1) is 6.59. The summed E-state index contributed by atoms with van der Waals surface area (Å²) in [6.07, 6.45) is 0. The van der Waals surface area contributed by atoms with Crippen molar-refractivity contribution >= 4 is 17.4 Å². The first-order valence-electron chi connectivity index (χ1n) is 3.89. The molecule has 0 unspecified atom stereocenters. The van der Waals surface area contributed by atoms with Crippen LogP contribution >= 0.6 is 0 Å². The number of carbonyl (C=O) groups is 1. The third-order valence-corrected chi connectivity index (χ3v) is 1.51. The lowest BCUT2D eigenvalue weighted by atomic mass is 10.3. The van der Waals surface area contributed by atoms with E-state index >= 15 is 0 Å². The van der Waals surface area contributed by atoms with Crippen molar-refractivity contribution in [2.45, 2.75) is 6.92 Å². The van der Waals surface area contributed by atoms with Gasteiger partial charge in [-0.3, -0.25) is 5.43 Å². The molecule has 0 aliphatic heterocycles. The molecule has 4 nitrogen and oxygen atoms in total. The summed E-state index contributed by atoms with van der Waals surface area (Å²) in [6.45, 7) is 1.36. The summed E-state index contributed by atoms with van der Waals surface area (Å²) < 4.78 is 12.5. The monoisotopic (exact) mass is 196 g/mol. The van der Waals surface area contributed by atoms with E-state index in [0.717, 1.165) is 0 Å². The van der Waals surface area contributed by atoms with E-state index < -0.39 is 5.97 Å². The van der Waals surface area contributed by atoms with Gasteiger partial charge in [0.15, 0.2) is 0 Å². The highest BCUT2D eigenvalue weighted by atomic mass is 19.1. The van der Waals surface area contributed by atoms with Gasteiger partial charge in [-0.15, -0.1) is 0 Å². The van der Waals surface area contributed by atoms with Gasteiger partial charge in [0.05, 0.1) is 5.69 Å². The molecule has 0 radical (unpaired) electrons. The van der Waals surface area contributed by atoms with Crippen molar-refractivity contribution in [3.05, 3.63) is 30.1 Å². The third-order valence-electron chi connectivity index (χ3n) is 1.51. The van der Waals surface area contributed by atoms with Crippen LogP contribution in [0.2, 0.25) is 0 Å². The molecule has 0 aliphatic rings. The number of anilines is 1. The van der Waals surface area contributed by atoms with E-state index in [1.807, 2.05) is 0 Å². The predicted molar refractivity (Wildman–Crippen MR) is 50.8 cm³/mol. The molecule has 0 bridgehead atoms. The number of rotatable bonds is 3. The second-order valence-corrected chi connectivity index (χ2v) is 2.62. The Morgan fingerprint density at radius 3 is 2.50 bits per heavy atom. The van der Waals surface area contributed by atoms with Crippen molar-refractivity contribution in [2.75, 3.05) is 5.43 Å². The van der Waals surface area contributed by atoms with E-state index in [2.05, 4.69) is 10.5 Å². The lowest BCUT2D eigenvalue weighted by molar-refractivity contribution is -0.129. The standard InChI is InChI=1S/C9H9FN2O2/c1-6(9(13)14)11-12-8-4-2-7(10)3-5-8/h2-5,12H,1H3,(H,13,14)/b11-6+. The van der Waals surface area contributed by atoms with Crippen LogP contribution in [0.1, 0.15) is 6.92 Å². The Bertz CT molecular complexity index is 360. The third kappa shape index (κ3) is 2.85. The Labute approximate surface area is 80.1 Å². The molecule has 0 fully saturated rings. The average molecular weight is 196 g/mol. The summed E-state index contributed by atoms with van der Waals surface area (Å²) in [7, 11) is 0. The van der Waals surface area contributed by atoms with Crippen LogP contribution in [0.15, 0.2) is 29.4 Å². The van der Waals surface area contributed by atoms with Crippen LogP contribution in [0.4, 0.5) is 10.1 Å². The Hall–Kier alpha value is -1.91. The molecule has 0 heterocycles. The zero-order valence-corrected chi connectivity index (χ0v) is 7.49. The van der Waals surface area contributed by atoms with Crippen LogP contribution in [-0.4, -0.2) is 16.8 Å². The van der Waals surface area contributed by atoms with Gasteiger partial charge in [0.1, 0.15) is 11.5 Å². The smallest absolute Gasteiger partial charge is 0.351 e. The molecule has 5 heteroatoms. The van der Waals surface area contributed by atoms with Gasteiger partial charge in [0.2, 0.25) is 0 Å². The summed E-state index contributed by atoms with van der Waals surface area (Å²) in [5.41, 5.74) is 2.97. The van der Waals surface area contributed by atoms with Gasteiger partial charge in [-0.05, 0) is 31.2 Å². The Balaban J connectivity index is 2.66. The summed E-state index contributed by atoms with van der Waals surface area (Å²) in [5, 5.41) is 12.0. The van der Waals surface area contributed by atoms with Crippen LogP contribution in [0.25, 0.3) is 0 Å². The molecule has 0 spiro atoms. The summed E-state index contributed by atoms with van der Waals surface area (Å²) in [6, 6.07) is 5.45. The number of nitrogens with zero attached hydrogens (tertiary/aromatic N) is 1. The van der Waals surface area contributed by atoms with Crippen LogP contribution in [0, 0.1) is 5.82 Å². The highest BCUT2D eigenvalue weighted by Crippen LogP contribution is 2.07. The molecule has 0 aliphatic carbocycles. The zero-order valence-electron chi connectivity index (χ0n) is 7.49. The predicted octanol–water partition coefficient (Wildman–Crippen LogP) is 1.70. The van der Waals surface area contributed by atoms with Crippen molar-refractivity contribution < 1.29 is 14.3 Å². The van der Waals surface area contributed by atoms with Crippen LogP contribution < -0.4 is 5.43 Å². The lowest BCUT2D eigenvalue weighted by Crippen LogP contribution is -2.10. The van der Waals surface area contributed by atoms with Crippen molar-refractivity contribution in [3.63, 3.8) is 0 Å². The quantitative estimate of drug-likeness (QED) is 0.571. The Morgan fingerprint density at radius 1 is 1.43 bits per heavy atom. The van der Waals surface area contributed by atoms with E-state index in [4.69, 9.17) is 5.11 Å². The summed E-state index contributed by atoms with van der Waals surface area (Å²) in [5.74, 6) is -1.45. The first-order valence-corrected chi connectivity index (χ1v) is 3.89. The first kappa shape index (κ1) is 10.2. The lowest BCUT2D eigenvalue weighted by Gasteiger charge is -1.99. The maximum absolute atomic E-state index is 12.5. The van der Waals surface area contributed by atoms with Crippen LogP contribution in [0.3, 0.4) is 0 Å². The number of hydrazone groups is 1. The second kappa shape index (κ2) is 4.36. The molecule has 0 amide bonds. The molecule has 74 valence electrons. The number of nitrogens with one attached hydrogen (secondary N) is 1. The minimum Gasteiger partial charge on any atom is -0.477 e. The fourth-order valence-corrected chi connectivity index (χ4v) is 0.721. The number of carboxylic acid groups (broad SMARTS) is 1. The van der Waals surface area contributed by atoms with E-state index in [1.165, 1.54) is 31.2 Å². The molecule has 2 N–H and O–H groups in total. The second-order valence-electron chi connectivity index (χ2n) is 2.62. The molecule has 0 saturated heterocycles. The van der Waals surface area contributed by atoms with Crippen LogP contribution in [-0.2, 0) is 4.79 Å². The maximum Gasteiger partial charge on any atom is 0.351 e. The van der Waals surface area contributed by atoms with Gasteiger partial charge in [-0.1, -0.05) is 0 Å². The SMILES string of the molecule is C/C(=N\Nc1ccc(F)cc1)C(=O)O. The molecule has 1 rings (SSSR count). The van der Waals surface area contributed by atoms with Crippen molar-refractivity contribution in [2.24, 2.45) is 5.10 Å². The number of aliphatic carboxylic acids is 1. The van der Waals surface area contributed by atoms with Crippen molar-refractivity contribution in [1.29, 1.82) is 0 Å². The molecule has 14 heavy (non-hydrogen) atoms. The Kier molecular flexibility index (Phi) is 3.17. The molecular weight excluding hydrogens is 187 g/mol. The molecule has 0 atom stereocenters. The maximum atomic E-state index is 12.5.